The minimum Gasteiger partial charge on any atom is -0.480 e. The molecular formula is C11H19NO5. The molecule has 0 saturated carbocycles. The maximum atomic E-state index is 11.9. The van der Waals surface area contributed by atoms with E-state index in [9.17, 15) is 9.59 Å². The van der Waals surface area contributed by atoms with Gasteiger partial charge in [0.1, 0.15) is 5.60 Å². The van der Waals surface area contributed by atoms with Gasteiger partial charge in [-0.2, -0.15) is 0 Å². The number of morpholine rings is 1. The minimum absolute atomic E-state index is 0.232. The Hall–Kier alpha value is -1.30. The van der Waals surface area contributed by atoms with Gasteiger partial charge in [0, 0.05) is 6.54 Å². The zero-order valence-electron chi connectivity index (χ0n) is 10.6. The molecule has 0 aromatic carbocycles. The van der Waals surface area contributed by atoms with Crippen LogP contribution in [0.25, 0.3) is 0 Å². The Balaban J connectivity index is 2.79. The summed E-state index contributed by atoms with van der Waals surface area (Å²) in [6.07, 6.45) is -1.14. The van der Waals surface area contributed by atoms with Gasteiger partial charge in [-0.15, -0.1) is 0 Å². The van der Waals surface area contributed by atoms with Gasteiger partial charge in [-0.05, 0) is 27.7 Å². The third kappa shape index (κ3) is 3.59. The lowest BCUT2D eigenvalue weighted by molar-refractivity contribution is -0.154. The smallest absolute Gasteiger partial charge is 0.411 e. The summed E-state index contributed by atoms with van der Waals surface area (Å²) in [5.74, 6) is -1.08. The van der Waals surface area contributed by atoms with Gasteiger partial charge in [-0.3, -0.25) is 4.90 Å². The van der Waals surface area contributed by atoms with Gasteiger partial charge in [-0.25, -0.2) is 9.59 Å². The van der Waals surface area contributed by atoms with Crippen LogP contribution in [0.3, 0.4) is 0 Å². The number of carboxylic acids is 1. The molecule has 0 aromatic heterocycles. The first-order valence-corrected chi connectivity index (χ1v) is 5.56. The van der Waals surface area contributed by atoms with Crippen molar-refractivity contribution in [2.45, 2.75) is 45.4 Å². The molecule has 1 amide bonds. The number of carbonyl (C=O) groups excluding carboxylic acids is 1. The summed E-state index contributed by atoms with van der Waals surface area (Å²) in [6, 6.07) is -0.987. The van der Waals surface area contributed by atoms with Crippen LogP contribution in [0.2, 0.25) is 0 Å². The SMILES string of the molecule is C[C@@H]1OCCN(C(=O)OC(C)(C)C)[C@H]1C(=O)O. The van der Waals surface area contributed by atoms with Crippen molar-refractivity contribution in [2.24, 2.45) is 0 Å². The van der Waals surface area contributed by atoms with Crippen LogP contribution in [0.1, 0.15) is 27.7 Å². The van der Waals surface area contributed by atoms with E-state index in [1.54, 1.807) is 27.7 Å². The minimum atomic E-state index is -1.08. The zero-order chi connectivity index (χ0) is 13.2. The highest BCUT2D eigenvalue weighted by Crippen LogP contribution is 2.18. The van der Waals surface area contributed by atoms with Gasteiger partial charge < -0.3 is 14.6 Å². The number of ether oxygens (including phenoxy) is 2. The molecule has 98 valence electrons. The highest BCUT2D eigenvalue weighted by Gasteiger charge is 2.39. The fraction of sp³-hybridized carbons (Fsp3) is 0.818. The molecule has 1 saturated heterocycles. The number of carbonyl (C=O) groups is 2. The Kier molecular flexibility index (Phi) is 3.98. The summed E-state index contributed by atoms with van der Waals surface area (Å²) < 4.78 is 10.4. The third-order valence-corrected chi connectivity index (χ3v) is 2.37. The number of amides is 1. The fourth-order valence-electron chi connectivity index (χ4n) is 1.68. The topological polar surface area (TPSA) is 76.1 Å². The predicted molar refractivity (Wildman–Crippen MR) is 59.8 cm³/mol. The standard InChI is InChI=1S/C11H19NO5/c1-7-8(9(13)14)12(5-6-16-7)10(15)17-11(2,3)4/h7-8H,5-6H2,1-4H3,(H,13,14)/t7-,8+/m0/s1. The van der Waals surface area contributed by atoms with Crippen molar-refractivity contribution in [1.29, 1.82) is 0 Å². The quantitative estimate of drug-likeness (QED) is 0.748. The van der Waals surface area contributed by atoms with E-state index >= 15 is 0 Å². The van der Waals surface area contributed by atoms with E-state index in [2.05, 4.69) is 0 Å². The van der Waals surface area contributed by atoms with Crippen molar-refractivity contribution in [2.75, 3.05) is 13.2 Å². The average Bonchev–Trinajstić information content (AvgIpc) is 2.13. The van der Waals surface area contributed by atoms with Crippen LogP contribution >= 0.6 is 0 Å². The molecule has 2 atom stereocenters. The van der Waals surface area contributed by atoms with E-state index < -0.39 is 29.8 Å². The van der Waals surface area contributed by atoms with Crippen LogP contribution in [0, 0.1) is 0 Å². The summed E-state index contributed by atoms with van der Waals surface area (Å²) in [4.78, 5) is 24.2. The van der Waals surface area contributed by atoms with Crippen LogP contribution < -0.4 is 0 Å². The molecule has 0 unspecified atom stereocenters. The third-order valence-electron chi connectivity index (χ3n) is 2.37. The van der Waals surface area contributed by atoms with E-state index in [-0.39, 0.29) is 6.54 Å². The monoisotopic (exact) mass is 245 g/mol. The molecule has 1 heterocycles. The first-order chi connectivity index (χ1) is 7.72. The average molecular weight is 245 g/mol. The molecule has 1 rings (SSSR count). The lowest BCUT2D eigenvalue weighted by atomic mass is 10.1. The van der Waals surface area contributed by atoms with Gasteiger partial charge in [0.25, 0.3) is 0 Å². The second-order valence-electron chi connectivity index (χ2n) is 5.03. The predicted octanol–water partition coefficient (Wildman–Crippen LogP) is 1.10. The number of aliphatic carboxylic acids is 1. The summed E-state index contributed by atoms with van der Waals surface area (Å²) >= 11 is 0. The second kappa shape index (κ2) is 4.91. The highest BCUT2D eigenvalue weighted by atomic mass is 16.6. The normalized spacial score (nSPS) is 25.5. The number of carboxylic acid groups (broad SMARTS) is 1. The maximum absolute atomic E-state index is 11.9. The summed E-state index contributed by atoms with van der Waals surface area (Å²) in [6.45, 7) is 7.41. The van der Waals surface area contributed by atoms with Crippen molar-refractivity contribution in [3.05, 3.63) is 0 Å². The maximum Gasteiger partial charge on any atom is 0.411 e. The van der Waals surface area contributed by atoms with E-state index in [1.165, 1.54) is 4.90 Å². The molecule has 0 spiro atoms. The molecule has 6 nitrogen and oxygen atoms in total. The number of nitrogens with zero attached hydrogens (tertiary/aromatic N) is 1. The van der Waals surface area contributed by atoms with Gasteiger partial charge >= 0.3 is 12.1 Å². The van der Waals surface area contributed by atoms with Gasteiger partial charge in [-0.1, -0.05) is 0 Å². The molecule has 0 bridgehead atoms. The van der Waals surface area contributed by atoms with Crippen LogP contribution in [0.5, 0.6) is 0 Å². The summed E-state index contributed by atoms with van der Waals surface area (Å²) in [7, 11) is 0. The van der Waals surface area contributed by atoms with Gasteiger partial charge in [0.15, 0.2) is 6.04 Å². The fourth-order valence-corrected chi connectivity index (χ4v) is 1.68. The zero-order valence-corrected chi connectivity index (χ0v) is 10.6. The second-order valence-corrected chi connectivity index (χ2v) is 5.03. The summed E-state index contributed by atoms with van der Waals surface area (Å²) in [5, 5.41) is 9.10. The molecule has 6 heteroatoms. The first-order valence-electron chi connectivity index (χ1n) is 5.56. The Morgan fingerprint density at radius 3 is 2.47 bits per heavy atom. The van der Waals surface area contributed by atoms with Crippen LogP contribution in [0.15, 0.2) is 0 Å². The Morgan fingerprint density at radius 1 is 1.41 bits per heavy atom. The van der Waals surface area contributed by atoms with Gasteiger partial charge in [0.2, 0.25) is 0 Å². The van der Waals surface area contributed by atoms with Crippen molar-refractivity contribution in [3.8, 4) is 0 Å². The largest absolute Gasteiger partial charge is 0.480 e. The molecular weight excluding hydrogens is 226 g/mol. The first kappa shape index (κ1) is 13.8. The molecule has 1 N–H and O–H groups in total. The lowest BCUT2D eigenvalue weighted by Gasteiger charge is -2.37. The molecule has 17 heavy (non-hydrogen) atoms. The number of hydrogen-bond donors (Lipinski definition) is 1. The van der Waals surface area contributed by atoms with Crippen molar-refractivity contribution >= 4 is 12.1 Å². The van der Waals surface area contributed by atoms with E-state index in [1.807, 2.05) is 0 Å². The number of rotatable bonds is 1. The van der Waals surface area contributed by atoms with Crippen LogP contribution in [0.4, 0.5) is 4.79 Å². The molecule has 0 radical (unpaired) electrons. The Morgan fingerprint density at radius 2 is 2.00 bits per heavy atom. The summed E-state index contributed by atoms with van der Waals surface area (Å²) in [5.41, 5.74) is -0.637. The molecule has 1 aliphatic heterocycles. The molecule has 0 aromatic rings. The van der Waals surface area contributed by atoms with Crippen LogP contribution in [-0.4, -0.2) is 53.0 Å². The Bertz CT molecular complexity index is 309. The van der Waals surface area contributed by atoms with Crippen molar-refractivity contribution in [1.82, 2.24) is 4.90 Å². The van der Waals surface area contributed by atoms with Gasteiger partial charge in [0.05, 0.1) is 12.7 Å². The lowest BCUT2D eigenvalue weighted by Crippen LogP contribution is -2.57. The van der Waals surface area contributed by atoms with Crippen molar-refractivity contribution < 1.29 is 24.2 Å². The molecule has 1 fully saturated rings. The van der Waals surface area contributed by atoms with E-state index in [4.69, 9.17) is 14.6 Å². The van der Waals surface area contributed by atoms with Crippen LogP contribution in [-0.2, 0) is 14.3 Å². The number of hydrogen-bond acceptors (Lipinski definition) is 4. The Labute approximate surface area is 100 Å². The van der Waals surface area contributed by atoms with Crippen molar-refractivity contribution in [3.63, 3.8) is 0 Å². The molecule has 1 aliphatic rings. The molecule has 0 aliphatic carbocycles. The highest BCUT2D eigenvalue weighted by molar-refractivity contribution is 5.81. The van der Waals surface area contributed by atoms with E-state index in [0.29, 0.717) is 6.61 Å². The van der Waals surface area contributed by atoms with E-state index in [0.717, 1.165) is 0 Å².